The van der Waals surface area contributed by atoms with Crippen LogP contribution in [0.4, 0.5) is 0 Å². The summed E-state index contributed by atoms with van der Waals surface area (Å²) in [4.78, 5) is 0. The molecule has 0 spiro atoms. The van der Waals surface area contributed by atoms with Crippen LogP contribution in [0.15, 0.2) is 0 Å². The molecule has 0 bridgehead atoms. The summed E-state index contributed by atoms with van der Waals surface area (Å²) in [6.45, 7) is 21.1. The van der Waals surface area contributed by atoms with E-state index in [2.05, 4.69) is 108 Å². The van der Waals surface area contributed by atoms with Crippen molar-refractivity contribution in [2.45, 2.75) is 154 Å². The molecule has 190 valence electrons. The summed E-state index contributed by atoms with van der Waals surface area (Å²) in [5.74, 6) is 0. The molecule has 2 saturated heterocycles. The van der Waals surface area contributed by atoms with Gasteiger partial charge in [-0.25, -0.2) is 10.0 Å². The lowest BCUT2D eigenvalue weighted by Gasteiger charge is -2.55. The van der Waals surface area contributed by atoms with Gasteiger partial charge in [0.25, 0.3) is 0 Å². The Balaban J connectivity index is 2.36. The van der Waals surface area contributed by atoms with E-state index in [1.807, 2.05) is 0 Å². The maximum atomic E-state index is 3.87. The van der Waals surface area contributed by atoms with E-state index in [-0.39, 0.29) is 22.2 Å². The van der Waals surface area contributed by atoms with Crippen molar-refractivity contribution in [3.63, 3.8) is 0 Å². The molecule has 2 aliphatic rings. The molecule has 0 aromatic rings. The molecule has 6 heteroatoms. The molecule has 2 heterocycles. The van der Waals surface area contributed by atoms with Crippen LogP contribution in [0.25, 0.3) is 0 Å². The Morgan fingerprint density at radius 3 is 1.31 bits per heavy atom. The van der Waals surface area contributed by atoms with Gasteiger partial charge < -0.3 is 10.6 Å². The molecular formula is C26H56N6. The highest BCUT2D eigenvalue weighted by molar-refractivity contribution is 5.03. The number of nitrogens with zero attached hydrogens (tertiary/aromatic N) is 2. The zero-order valence-electron chi connectivity index (χ0n) is 23.3. The van der Waals surface area contributed by atoms with Crippen molar-refractivity contribution in [1.29, 1.82) is 0 Å². The third kappa shape index (κ3) is 7.64. The van der Waals surface area contributed by atoms with Crippen LogP contribution >= 0.6 is 0 Å². The number of unbranched alkanes of at least 4 members (excludes halogenated alkanes) is 2. The molecule has 2 aliphatic heterocycles. The number of hydrogen-bond acceptors (Lipinski definition) is 6. The second-order valence-corrected chi connectivity index (χ2v) is 13.1. The lowest BCUT2D eigenvalue weighted by molar-refractivity contribution is -0.105. The second-order valence-electron chi connectivity index (χ2n) is 13.1. The van der Waals surface area contributed by atoms with Gasteiger partial charge in [0.1, 0.15) is 0 Å². The maximum Gasteiger partial charge on any atom is 0.0894 e. The van der Waals surface area contributed by atoms with Gasteiger partial charge in [0.15, 0.2) is 0 Å². The van der Waals surface area contributed by atoms with Crippen molar-refractivity contribution in [2.24, 2.45) is 0 Å². The zero-order valence-corrected chi connectivity index (χ0v) is 23.3. The molecule has 0 saturated carbocycles. The topological polar surface area (TPSA) is 54.6 Å². The lowest BCUT2D eigenvalue weighted by Crippen LogP contribution is -2.70. The Kier molecular flexibility index (Phi) is 9.25. The van der Waals surface area contributed by atoms with E-state index in [1.165, 1.54) is 25.7 Å². The van der Waals surface area contributed by atoms with Crippen molar-refractivity contribution in [3.8, 4) is 0 Å². The molecule has 6 nitrogen and oxygen atoms in total. The van der Waals surface area contributed by atoms with Gasteiger partial charge in [-0.05, 0) is 102 Å². The molecule has 0 radical (unpaired) electrons. The summed E-state index contributed by atoms with van der Waals surface area (Å²) in [7, 11) is 4.25. The number of hydrazine groups is 2. The molecule has 4 N–H and O–H groups in total. The Labute approximate surface area is 200 Å². The number of nitrogens with one attached hydrogen (secondary N) is 4. The first-order valence-corrected chi connectivity index (χ1v) is 13.1. The highest BCUT2D eigenvalue weighted by Gasteiger charge is 2.45. The lowest BCUT2D eigenvalue weighted by atomic mass is 9.78. The number of rotatable bonds is 10. The standard InChI is InChI=1S/C26H56N6/c1-12-13-14-15-22(31(27-10)20-16-23(2,3)29-24(4,5)17-20)32(28-11)21-18-25(6,7)30-26(8,9)19-21/h20-22,27-30H,12-19H2,1-11H3. The fourth-order valence-corrected chi connectivity index (χ4v) is 7.07. The molecule has 2 rings (SSSR count). The Morgan fingerprint density at radius 1 is 0.688 bits per heavy atom. The normalized spacial score (nSPS) is 25.7. The second kappa shape index (κ2) is 10.6. The van der Waals surface area contributed by atoms with E-state index < -0.39 is 0 Å². The van der Waals surface area contributed by atoms with Gasteiger partial charge in [0.2, 0.25) is 0 Å². The quantitative estimate of drug-likeness (QED) is 0.224. The van der Waals surface area contributed by atoms with Gasteiger partial charge in [-0.3, -0.25) is 10.9 Å². The highest BCUT2D eigenvalue weighted by Crippen LogP contribution is 2.36. The Bertz CT molecular complexity index is 507. The smallest absolute Gasteiger partial charge is 0.0894 e. The predicted molar refractivity (Wildman–Crippen MR) is 138 cm³/mol. The first kappa shape index (κ1) is 28.0. The average Bonchev–Trinajstić information content (AvgIpc) is 2.57. The van der Waals surface area contributed by atoms with E-state index in [0.717, 1.165) is 25.7 Å². The average molecular weight is 453 g/mol. The molecule has 0 atom stereocenters. The summed E-state index contributed by atoms with van der Waals surface area (Å²) in [6, 6.07) is 0.966. The van der Waals surface area contributed by atoms with Crippen LogP contribution in [-0.2, 0) is 0 Å². The molecular weight excluding hydrogens is 396 g/mol. The Morgan fingerprint density at radius 2 is 1.03 bits per heavy atom. The summed E-state index contributed by atoms with van der Waals surface area (Å²) in [6.07, 6.45) is 9.86. The van der Waals surface area contributed by atoms with Crippen molar-refractivity contribution >= 4 is 0 Å². The molecule has 0 aromatic carbocycles. The van der Waals surface area contributed by atoms with Gasteiger partial charge in [-0.2, -0.15) is 0 Å². The van der Waals surface area contributed by atoms with Crippen LogP contribution in [0, 0.1) is 0 Å². The molecule has 0 aromatic heterocycles. The Hall–Kier alpha value is -0.240. The van der Waals surface area contributed by atoms with E-state index in [0.29, 0.717) is 18.2 Å². The van der Waals surface area contributed by atoms with Crippen molar-refractivity contribution in [2.75, 3.05) is 14.1 Å². The van der Waals surface area contributed by atoms with Crippen molar-refractivity contribution in [3.05, 3.63) is 0 Å². The van der Waals surface area contributed by atoms with Crippen molar-refractivity contribution in [1.82, 2.24) is 31.5 Å². The zero-order chi connectivity index (χ0) is 24.4. The van der Waals surface area contributed by atoms with Crippen LogP contribution in [0.1, 0.15) is 114 Å². The minimum Gasteiger partial charge on any atom is -0.307 e. The van der Waals surface area contributed by atoms with Gasteiger partial charge in [0.05, 0.1) is 6.17 Å². The third-order valence-electron chi connectivity index (χ3n) is 7.35. The molecule has 0 unspecified atom stereocenters. The molecule has 2 fully saturated rings. The first-order chi connectivity index (χ1) is 14.6. The summed E-state index contributed by atoms with van der Waals surface area (Å²) in [5, 5.41) is 12.9. The van der Waals surface area contributed by atoms with Crippen LogP contribution in [0.5, 0.6) is 0 Å². The molecule has 32 heavy (non-hydrogen) atoms. The minimum atomic E-state index is 0.124. The fraction of sp³-hybridized carbons (Fsp3) is 1.00. The molecule has 0 aliphatic carbocycles. The van der Waals surface area contributed by atoms with E-state index in [1.54, 1.807) is 0 Å². The van der Waals surface area contributed by atoms with Gasteiger partial charge >= 0.3 is 0 Å². The van der Waals surface area contributed by atoms with E-state index in [9.17, 15) is 0 Å². The first-order valence-electron chi connectivity index (χ1n) is 13.1. The minimum absolute atomic E-state index is 0.124. The fourth-order valence-electron chi connectivity index (χ4n) is 7.07. The molecule has 0 amide bonds. The predicted octanol–water partition coefficient (Wildman–Crippen LogP) is 4.38. The van der Waals surface area contributed by atoms with E-state index >= 15 is 0 Å². The largest absolute Gasteiger partial charge is 0.307 e. The van der Waals surface area contributed by atoms with Crippen LogP contribution in [0.2, 0.25) is 0 Å². The summed E-state index contributed by atoms with van der Waals surface area (Å²) in [5.41, 5.74) is 7.85. The number of piperidine rings is 2. The van der Waals surface area contributed by atoms with Crippen LogP contribution in [-0.4, -0.2) is 64.5 Å². The number of hydrogen-bond donors (Lipinski definition) is 4. The maximum absolute atomic E-state index is 3.87. The third-order valence-corrected chi connectivity index (χ3v) is 7.35. The van der Waals surface area contributed by atoms with Crippen molar-refractivity contribution < 1.29 is 0 Å². The summed E-state index contributed by atoms with van der Waals surface area (Å²) >= 11 is 0. The van der Waals surface area contributed by atoms with Gasteiger partial charge in [0, 0.05) is 34.2 Å². The SMILES string of the molecule is CCCCCC(N(NC)C1CC(C)(C)NC(C)(C)C1)N(NC)C1CC(C)(C)NC(C)(C)C1. The highest BCUT2D eigenvalue weighted by atomic mass is 15.7. The van der Waals surface area contributed by atoms with Gasteiger partial charge in [-0.15, -0.1) is 0 Å². The monoisotopic (exact) mass is 452 g/mol. The van der Waals surface area contributed by atoms with E-state index in [4.69, 9.17) is 0 Å². The van der Waals surface area contributed by atoms with Crippen LogP contribution < -0.4 is 21.5 Å². The van der Waals surface area contributed by atoms with Crippen LogP contribution in [0.3, 0.4) is 0 Å². The summed E-state index contributed by atoms with van der Waals surface area (Å²) < 4.78 is 0. The van der Waals surface area contributed by atoms with Gasteiger partial charge in [-0.1, -0.05) is 26.2 Å².